The number of rotatable bonds is 8. The summed E-state index contributed by atoms with van der Waals surface area (Å²) in [5, 5.41) is 6.64. The molecule has 0 spiro atoms. The smallest absolute Gasteiger partial charge is 0.322 e. The lowest BCUT2D eigenvalue weighted by Crippen LogP contribution is -2.68. The monoisotopic (exact) mass is 644 g/mol. The Morgan fingerprint density at radius 2 is 1.00 bits per heavy atom. The van der Waals surface area contributed by atoms with Gasteiger partial charge in [-0.25, -0.2) is 9.59 Å². The maximum Gasteiger partial charge on any atom is 0.322 e. The Labute approximate surface area is 284 Å². The first-order valence-electron chi connectivity index (χ1n) is 18.4. The summed E-state index contributed by atoms with van der Waals surface area (Å²) < 4.78 is 0. The van der Waals surface area contributed by atoms with Crippen LogP contribution in [-0.4, -0.2) is 73.7 Å². The fraction of sp³-hybridized carbons (Fsp3) is 0.641. The van der Waals surface area contributed by atoms with Crippen molar-refractivity contribution in [2.75, 3.05) is 48.6 Å². The molecule has 2 unspecified atom stereocenters. The van der Waals surface area contributed by atoms with Crippen molar-refractivity contribution in [2.45, 2.75) is 133 Å². The molecule has 0 bridgehead atoms. The van der Waals surface area contributed by atoms with Crippen molar-refractivity contribution in [3.8, 4) is 0 Å². The van der Waals surface area contributed by atoms with Crippen molar-refractivity contribution in [3.05, 3.63) is 48.5 Å². The van der Waals surface area contributed by atoms with E-state index in [1.807, 2.05) is 52.5 Å². The SMILES string of the molecule is CN(C)c1ccc(NC(=O)N(C2CCCCCC2)C2CCCCC2(C)N(C(=O)Nc2ccc(N(C)C)cc2)C2CCCCCC2)cc1. The molecule has 4 amide bonds. The number of urea groups is 2. The Morgan fingerprint density at radius 3 is 1.47 bits per heavy atom. The van der Waals surface area contributed by atoms with Gasteiger partial charge in [-0.05, 0) is 94.0 Å². The Kier molecular flexibility index (Phi) is 12.0. The zero-order chi connectivity index (χ0) is 33.4. The lowest BCUT2D eigenvalue weighted by atomic mass is 9.74. The van der Waals surface area contributed by atoms with Crippen molar-refractivity contribution in [2.24, 2.45) is 0 Å². The third-order valence-electron chi connectivity index (χ3n) is 11.1. The summed E-state index contributed by atoms with van der Waals surface area (Å²) in [6, 6.07) is 16.5. The lowest BCUT2D eigenvalue weighted by Gasteiger charge is -2.56. The Hall–Kier alpha value is -3.42. The zero-order valence-electron chi connectivity index (χ0n) is 29.8. The first-order valence-corrected chi connectivity index (χ1v) is 18.4. The molecule has 47 heavy (non-hydrogen) atoms. The second kappa shape index (κ2) is 16.1. The summed E-state index contributed by atoms with van der Waals surface area (Å²) >= 11 is 0. The Bertz CT molecular complexity index is 1280. The van der Waals surface area contributed by atoms with Gasteiger partial charge in [-0.1, -0.05) is 64.2 Å². The molecule has 0 saturated heterocycles. The second-order valence-corrected chi connectivity index (χ2v) is 14.9. The number of nitrogens with one attached hydrogen (secondary N) is 2. The molecule has 2 atom stereocenters. The van der Waals surface area contributed by atoms with Crippen LogP contribution < -0.4 is 20.4 Å². The van der Waals surface area contributed by atoms with Crippen LogP contribution >= 0.6 is 0 Å². The summed E-state index contributed by atoms with van der Waals surface area (Å²) in [4.78, 5) is 37.9. The van der Waals surface area contributed by atoms with E-state index < -0.39 is 5.54 Å². The number of carbonyl (C=O) groups is 2. The first kappa shape index (κ1) is 34.9. The molecule has 5 rings (SSSR count). The molecule has 0 aliphatic heterocycles. The quantitative estimate of drug-likeness (QED) is 0.281. The molecule has 258 valence electrons. The van der Waals surface area contributed by atoms with E-state index in [1.165, 1.54) is 25.7 Å². The number of hydrogen-bond acceptors (Lipinski definition) is 4. The highest BCUT2D eigenvalue weighted by atomic mass is 16.2. The van der Waals surface area contributed by atoms with E-state index in [-0.39, 0.29) is 30.2 Å². The molecule has 0 heterocycles. The number of carbonyl (C=O) groups excluding carboxylic acids is 2. The normalized spacial score (nSPS) is 22.8. The van der Waals surface area contributed by atoms with Gasteiger partial charge < -0.3 is 30.2 Å². The molecular weight excluding hydrogens is 584 g/mol. The number of hydrogen-bond donors (Lipinski definition) is 2. The number of benzene rings is 2. The number of amides is 4. The third-order valence-corrected chi connectivity index (χ3v) is 11.1. The van der Waals surface area contributed by atoms with Crippen molar-refractivity contribution in [3.63, 3.8) is 0 Å². The molecule has 3 aliphatic carbocycles. The van der Waals surface area contributed by atoms with Gasteiger partial charge in [-0.3, -0.25) is 0 Å². The fourth-order valence-corrected chi connectivity index (χ4v) is 8.50. The van der Waals surface area contributed by atoms with Gasteiger partial charge in [0.1, 0.15) is 0 Å². The highest BCUT2D eigenvalue weighted by Gasteiger charge is 2.51. The summed E-state index contributed by atoms with van der Waals surface area (Å²) in [5.74, 6) is 0. The van der Waals surface area contributed by atoms with Crippen LogP contribution in [0.5, 0.6) is 0 Å². The maximum absolute atomic E-state index is 14.7. The van der Waals surface area contributed by atoms with Crippen molar-refractivity contribution >= 4 is 34.8 Å². The third kappa shape index (κ3) is 8.55. The predicted octanol–water partition coefficient (Wildman–Crippen LogP) is 9.33. The number of nitrogens with zero attached hydrogens (tertiary/aromatic N) is 4. The summed E-state index contributed by atoms with van der Waals surface area (Å²) in [5.41, 5.74) is 3.35. The topological polar surface area (TPSA) is 71.2 Å². The standard InChI is InChI=1S/C39H60N6O2/c1-39(45(35-18-12-8-9-13-19-35)38(47)41-31-23-27-33(28-24-31)43(4)5)29-15-14-20-36(39)44(34-16-10-6-7-11-17-34)37(46)40-30-21-25-32(26-22-30)42(2)3/h21-28,34-36H,6-20,29H2,1-5H3,(H,40,46)(H,41,47). The molecule has 8 nitrogen and oxygen atoms in total. The Morgan fingerprint density at radius 1 is 0.574 bits per heavy atom. The minimum atomic E-state index is -0.487. The van der Waals surface area contributed by atoms with Crippen LogP contribution in [0.2, 0.25) is 0 Å². The van der Waals surface area contributed by atoms with Crippen LogP contribution in [0.1, 0.15) is 110 Å². The lowest BCUT2D eigenvalue weighted by molar-refractivity contribution is -0.0164. The van der Waals surface area contributed by atoms with E-state index in [0.717, 1.165) is 99.8 Å². The first-order chi connectivity index (χ1) is 22.7. The molecule has 3 fully saturated rings. The Balaban J connectivity index is 1.50. The molecule has 3 aliphatic rings. The van der Waals surface area contributed by atoms with Crippen LogP contribution in [0.15, 0.2) is 48.5 Å². The van der Waals surface area contributed by atoms with E-state index in [0.29, 0.717) is 0 Å². The van der Waals surface area contributed by atoms with E-state index in [4.69, 9.17) is 0 Å². The van der Waals surface area contributed by atoms with Gasteiger partial charge >= 0.3 is 12.1 Å². The molecule has 2 aromatic rings. The minimum Gasteiger partial charge on any atom is -0.378 e. The van der Waals surface area contributed by atoms with E-state index in [2.05, 4.69) is 61.4 Å². The molecule has 3 saturated carbocycles. The van der Waals surface area contributed by atoms with Gasteiger partial charge in [0.05, 0.1) is 11.6 Å². The molecule has 0 radical (unpaired) electrons. The summed E-state index contributed by atoms with van der Waals surface area (Å²) in [7, 11) is 8.11. The van der Waals surface area contributed by atoms with Crippen molar-refractivity contribution in [1.82, 2.24) is 9.80 Å². The van der Waals surface area contributed by atoms with E-state index in [9.17, 15) is 9.59 Å². The van der Waals surface area contributed by atoms with Crippen LogP contribution in [0.4, 0.5) is 32.3 Å². The van der Waals surface area contributed by atoms with Crippen LogP contribution in [0.25, 0.3) is 0 Å². The van der Waals surface area contributed by atoms with Crippen LogP contribution in [0, 0.1) is 0 Å². The van der Waals surface area contributed by atoms with Crippen molar-refractivity contribution in [1.29, 1.82) is 0 Å². The van der Waals surface area contributed by atoms with Gasteiger partial charge in [0, 0.05) is 63.0 Å². The molecular formula is C39H60N6O2. The van der Waals surface area contributed by atoms with E-state index in [1.54, 1.807) is 0 Å². The minimum absolute atomic E-state index is 0.0203. The average molecular weight is 645 g/mol. The van der Waals surface area contributed by atoms with Gasteiger partial charge in [0.15, 0.2) is 0 Å². The molecule has 8 heteroatoms. The maximum atomic E-state index is 14.7. The van der Waals surface area contributed by atoms with Gasteiger partial charge in [-0.15, -0.1) is 0 Å². The van der Waals surface area contributed by atoms with Crippen LogP contribution in [0.3, 0.4) is 0 Å². The average Bonchev–Trinajstić information content (AvgIpc) is 3.49. The van der Waals surface area contributed by atoms with Crippen LogP contribution in [-0.2, 0) is 0 Å². The highest BCUT2D eigenvalue weighted by molar-refractivity contribution is 5.92. The predicted molar refractivity (Wildman–Crippen MR) is 197 cm³/mol. The van der Waals surface area contributed by atoms with Gasteiger partial charge in [0.2, 0.25) is 0 Å². The fourth-order valence-electron chi connectivity index (χ4n) is 8.50. The molecule has 0 aromatic heterocycles. The van der Waals surface area contributed by atoms with E-state index >= 15 is 0 Å². The number of anilines is 4. The molecule has 2 N–H and O–H groups in total. The van der Waals surface area contributed by atoms with Crippen molar-refractivity contribution < 1.29 is 9.59 Å². The van der Waals surface area contributed by atoms with Gasteiger partial charge in [0.25, 0.3) is 0 Å². The van der Waals surface area contributed by atoms with Gasteiger partial charge in [-0.2, -0.15) is 0 Å². The zero-order valence-corrected chi connectivity index (χ0v) is 29.8. The molecule has 2 aromatic carbocycles. The summed E-state index contributed by atoms with van der Waals surface area (Å²) in [6.45, 7) is 2.30. The largest absolute Gasteiger partial charge is 0.378 e. The highest BCUT2D eigenvalue weighted by Crippen LogP contribution is 2.43. The summed E-state index contributed by atoms with van der Waals surface area (Å²) in [6.07, 6.45) is 17.5. The second-order valence-electron chi connectivity index (χ2n) is 14.9.